The molecule has 0 aromatic carbocycles. The molecule has 0 aliphatic heterocycles. The zero-order valence-corrected chi connectivity index (χ0v) is 7.05. The fourth-order valence-corrected chi connectivity index (χ4v) is 1.56. The lowest BCUT2D eigenvalue weighted by Crippen LogP contribution is -2.24. The third kappa shape index (κ3) is 1.74. The summed E-state index contributed by atoms with van der Waals surface area (Å²) in [7, 11) is 0. The fourth-order valence-electron chi connectivity index (χ4n) is 0.844. The normalized spacial score (nSPS) is 28.8. The molecule has 0 aromatic rings. The molecule has 1 rings (SSSR count). The Kier molecular flexibility index (Phi) is 2.21. The van der Waals surface area contributed by atoms with E-state index in [0.717, 1.165) is 6.42 Å². The maximum absolute atomic E-state index is 10.7. The first kappa shape index (κ1) is 7.18. The van der Waals surface area contributed by atoms with Crippen LogP contribution >= 0.6 is 22.6 Å². The monoisotopic (exact) mass is 238 g/mol. The van der Waals surface area contributed by atoms with Gasteiger partial charge in [0.15, 0.2) is 11.6 Å². The minimum atomic E-state index is -0.180. The number of ketones is 2. The minimum absolute atomic E-state index is 0.178. The summed E-state index contributed by atoms with van der Waals surface area (Å²) < 4.78 is 0.396. The van der Waals surface area contributed by atoms with Gasteiger partial charge < -0.3 is 0 Å². The molecule has 0 N–H and O–H groups in total. The van der Waals surface area contributed by atoms with Gasteiger partial charge >= 0.3 is 0 Å². The van der Waals surface area contributed by atoms with E-state index in [2.05, 4.69) is 22.6 Å². The lowest BCUT2D eigenvalue weighted by Gasteiger charge is -2.12. The molecule has 50 valence electrons. The second-order valence-corrected chi connectivity index (χ2v) is 3.95. The summed E-state index contributed by atoms with van der Waals surface area (Å²) in [6.07, 6.45) is 1.80. The van der Waals surface area contributed by atoms with E-state index in [1.54, 1.807) is 0 Å². The SMILES string of the molecule is O=C1CCC(I)CC1=O. The second kappa shape index (κ2) is 2.77. The van der Waals surface area contributed by atoms with E-state index < -0.39 is 0 Å². The van der Waals surface area contributed by atoms with Crippen LogP contribution in [0.3, 0.4) is 0 Å². The molecule has 0 amide bonds. The highest BCUT2D eigenvalue weighted by Crippen LogP contribution is 2.19. The molecule has 0 heterocycles. The Bertz CT molecular complexity index is 153. The van der Waals surface area contributed by atoms with Crippen LogP contribution in [-0.2, 0) is 9.59 Å². The Labute approximate surface area is 67.1 Å². The van der Waals surface area contributed by atoms with Gasteiger partial charge in [-0.25, -0.2) is 0 Å². The number of hydrogen-bond acceptors (Lipinski definition) is 2. The predicted octanol–water partition coefficient (Wildman–Crippen LogP) is 1.11. The van der Waals surface area contributed by atoms with Gasteiger partial charge in [-0.05, 0) is 6.42 Å². The van der Waals surface area contributed by atoms with Gasteiger partial charge in [-0.1, -0.05) is 22.6 Å². The third-order valence-electron chi connectivity index (χ3n) is 1.40. The van der Waals surface area contributed by atoms with Crippen LogP contribution in [-0.4, -0.2) is 15.5 Å². The zero-order chi connectivity index (χ0) is 6.85. The average Bonchev–Trinajstić information content (AvgIpc) is 1.80. The third-order valence-corrected chi connectivity index (χ3v) is 2.47. The van der Waals surface area contributed by atoms with Gasteiger partial charge in [0.1, 0.15) is 0 Å². The molecule has 1 atom stereocenters. The lowest BCUT2D eigenvalue weighted by atomic mass is 9.98. The Morgan fingerprint density at radius 2 is 2.00 bits per heavy atom. The smallest absolute Gasteiger partial charge is 0.199 e. The van der Waals surface area contributed by atoms with Gasteiger partial charge in [-0.3, -0.25) is 9.59 Å². The van der Waals surface area contributed by atoms with Gasteiger partial charge in [-0.15, -0.1) is 0 Å². The van der Waals surface area contributed by atoms with Crippen molar-refractivity contribution in [3.8, 4) is 0 Å². The van der Waals surface area contributed by atoms with Crippen molar-refractivity contribution in [2.24, 2.45) is 0 Å². The molecule has 0 radical (unpaired) electrons. The van der Waals surface area contributed by atoms with E-state index in [1.165, 1.54) is 0 Å². The summed E-state index contributed by atoms with van der Waals surface area (Å²) in [5.74, 6) is -0.358. The highest BCUT2D eigenvalue weighted by Gasteiger charge is 2.23. The maximum Gasteiger partial charge on any atom is 0.199 e. The second-order valence-electron chi connectivity index (χ2n) is 2.19. The number of carbonyl (C=O) groups is 2. The number of halogens is 1. The molecular formula is C6H7IO2. The summed E-state index contributed by atoms with van der Waals surface area (Å²) in [5, 5.41) is 0. The van der Waals surface area contributed by atoms with Crippen molar-refractivity contribution in [2.75, 3.05) is 0 Å². The molecule has 0 spiro atoms. The highest BCUT2D eigenvalue weighted by atomic mass is 127. The Hall–Kier alpha value is 0.0700. The molecular weight excluding hydrogens is 231 g/mol. The van der Waals surface area contributed by atoms with Gasteiger partial charge in [0.2, 0.25) is 0 Å². The molecule has 0 aromatic heterocycles. The van der Waals surface area contributed by atoms with E-state index in [1.807, 2.05) is 0 Å². The summed E-state index contributed by atoms with van der Waals surface area (Å²) in [6.45, 7) is 0. The largest absolute Gasteiger partial charge is 0.291 e. The van der Waals surface area contributed by atoms with Gasteiger partial charge in [0.25, 0.3) is 0 Å². The number of rotatable bonds is 0. The molecule has 2 nitrogen and oxygen atoms in total. The van der Waals surface area contributed by atoms with Crippen LogP contribution in [0.5, 0.6) is 0 Å². The molecule has 3 heteroatoms. The van der Waals surface area contributed by atoms with Crippen molar-refractivity contribution >= 4 is 34.2 Å². The molecule has 1 aliphatic rings. The first-order valence-electron chi connectivity index (χ1n) is 2.90. The van der Waals surface area contributed by atoms with Crippen molar-refractivity contribution in [3.63, 3.8) is 0 Å². The van der Waals surface area contributed by atoms with Crippen molar-refractivity contribution < 1.29 is 9.59 Å². The van der Waals surface area contributed by atoms with Crippen molar-refractivity contribution in [1.29, 1.82) is 0 Å². The highest BCUT2D eigenvalue weighted by molar-refractivity contribution is 14.1. The van der Waals surface area contributed by atoms with Crippen LogP contribution in [0.1, 0.15) is 19.3 Å². The van der Waals surface area contributed by atoms with E-state index in [-0.39, 0.29) is 11.6 Å². The summed E-state index contributed by atoms with van der Waals surface area (Å²) >= 11 is 2.21. The average molecular weight is 238 g/mol. The number of hydrogen-bond donors (Lipinski definition) is 0. The standard InChI is InChI=1S/C6H7IO2/c7-4-1-2-5(8)6(9)3-4/h4H,1-3H2. The quantitative estimate of drug-likeness (QED) is 0.360. The van der Waals surface area contributed by atoms with Crippen LogP contribution in [0.25, 0.3) is 0 Å². The van der Waals surface area contributed by atoms with Gasteiger partial charge in [0, 0.05) is 16.8 Å². The van der Waals surface area contributed by atoms with Crippen LogP contribution in [0.15, 0.2) is 0 Å². The van der Waals surface area contributed by atoms with E-state index in [9.17, 15) is 9.59 Å². The van der Waals surface area contributed by atoms with Crippen LogP contribution in [0.2, 0.25) is 0 Å². The van der Waals surface area contributed by atoms with Gasteiger partial charge in [0.05, 0.1) is 0 Å². The van der Waals surface area contributed by atoms with E-state index >= 15 is 0 Å². The minimum Gasteiger partial charge on any atom is -0.291 e. The van der Waals surface area contributed by atoms with Gasteiger partial charge in [-0.2, -0.15) is 0 Å². The number of carbonyl (C=O) groups excluding carboxylic acids is 2. The molecule has 1 unspecified atom stereocenters. The molecule has 1 fully saturated rings. The van der Waals surface area contributed by atoms with Crippen molar-refractivity contribution in [1.82, 2.24) is 0 Å². The predicted molar refractivity (Wildman–Crippen MR) is 41.7 cm³/mol. The summed E-state index contributed by atoms with van der Waals surface area (Å²) in [4.78, 5) is 21.2. The fraction of sp³-hybridized carbons (Fsp3) is 0.667. The number of alkyl halides is 1. The molecule has 0 saturated heterocycles. The maximum atomic E-state index is 10.7. The molecule has 1 saturated carbocycles. The first-order chi connectivity index (χ1) is 4.20. The molecule has 9 heavy (non-hydrogen) atoms. The topological polar surface area (TPSA) is 34.1 Å². The Morgan fingerprint density at radius 1 is 1.33 bits per heavy atom. The van der Waals surface area contributed by atoms with E-state index in [0.29, 0.717) is 16.8 Å². The van der Waals surface area contributed by atoms with Crippen molar-refractivity contribution in [2.45, 2.75) is 23.2 Å². The summed E-state index contributed by atoms with van der Waals surface area (Å²) in [5.41, 5.74) is 0. The molecule has 1 aliphatic carbocycles. The van der Waals surface area contributed by atoms with Crippen LogP contribution < -0.4 is 0 Å². The van der Waals surface area contributed by atoms with E-state index in [4.69, 9.17) is 0 Å². The molecule has 0 bridgehead atoms. The zero-order valence-electron chi connectivity index (χ0n) is 4.89. The van der Waals surface area contributed by atoms with Crippen molar-refractivity contribution in [3.05, 3.63) is 0 Å². The Balaban J connectivity index is 2.54. The first-order valence-corrected chi connectivity index (χ1v) is 4.15. The summed E-state index contributed by atoms with van der Waals surface area (Å²) in [6, 6.07) is 0. The van der Waals surface area contributed by atoms with Crippen LogP contribution in [0, 0.1) is 0 Å². The Morgan fingerprint density at radius 3 is 2.44 bits per heavy atom. The lowest BCUT2D eigenvalue weighted by molar-refractivity contribution is -0.137. The number of Topliss-reactive ketones (excluding diaryl/α,β-unsaturated/α-hetero) is 2. The van der Waals surface area contributed by atoms with Crippen LogP contribution in [0.4, 0.5) is 0 Å².